The van der Waals surface area contributed by atoms with Gasteiger partial charge in [0.2, 0.25) is 5.91 Å². The number of hydrogen-bond donors (Lipinski definition) is 1. The first-order valence-corrected chi connectivity index (χ1v) is 7.48. The molecule has 2 fully saturated rings. The molecule has 2 rings (SSSR count). The molecule has 0 bridgehead atoms. The van der Waals surface area contributed by atoms with Crippen molar-refractivity contribution in [2.75, 3.05) is 13.6 Å². The highest BCUT2D eigenvalue weighted by Gasteiger charge is 2.48. The Morgan fingerprint density at radius 3 is 2.47 bits per heavy atom. The van der Waals surface area contributed by atoms with E-state index in [0.29, 0.717) is 12.5 Å². The van der Waals surface area contributed by atoms with Crippen LogP contribution in [0.15, 0.2) is 0 Å². The van der Waals surface area contributed by atoms with Crippen molar-refractivity contribution in [1.82, 2.24) is 4.90 Å². The van der Waals surface area contributed by atoms with Crippen LogP contribution in [0.2, 0.25) is 0 Å². The third-order valence-electron chi connectivity index (χ3n) is 4.76. The van der Waals surface area contributed by atoms with Crippen molar-refractivity contribution in [2.45, 2.75) is 45.4 Å². The number of amides is 1. The highest BCUT2D eigenvalue weighted by atomic mass is 16.4. The maximum absolute atomic E-state index is 12.2. The molecule has 0 heterocycles. The number of rotatable bonds is 5. The molecular weight excluding hydrogens is 242 g/mol. The maximum atomic E-state index is 12.2. The van der Waals surface area contributed by atoms with E-state index in [4.69, 9.17) is 5.11 Å². The van der Waals surface area contributed by atoms with Crippen LogP contribution >= 0.6 is 0 Å². The van der Waals surface area contributed by atoms with Gasteiger partial charge in [0.1, 0.15) is 0 Å². The minimum atomic E-state index is -0.834. The zero-order valence-electron chi connectivity index (χ0n) is 12.0. The molecule has 2 aliphatic rings. The molecule has 0 spiro atoms. The molecule has 108 valence electrons. The van der Waals surface area contributed by atoms with Gasteiger partial charge in [0, 0.05) is 19.5 Å². The van der Waals surface area contributed by atoms with Gasteiger partial charge in [-0.1, -0.05) is 39.0 Å². The molecule has 0 aromatic rings. The molecule has 1 amide bonds. The van der Waals surface area contributed by atoms with Crippen LogP contribution in [0, 0.1) is 23.7 Å². The molecule has 3 unspecified atom stereocenters. The summed E-state index contributed by atoms with van der Waals surface area (Å²) in [5, 5.41) is 8.88. The Kier molecular flexibility index (Phi) is 4.48. The van der Waals surface area contributed by atoms with Crippen molar-refractivity contribution < 1.29 is 14.7 Å². The minimum absolute atomic E-state index is 0.156. The average molecular weight is 267 g/mol. The van der Waals surface area contributed by atoms with Gasteiger partial charge in [-0.2, -0.15) is 0 Å². The smallest absolute Gasteiger partial charge is 0.308 e. The number of carboxylic acids is 1. The van der Waals surface area contributed by atoms with Crippen molar-refractivity contribution >= 4 is 11.9 Å². The van der Waals surface area contributed by atoms with Gasteiger partial charge < -0.3 is 10.0 Å². The highest BCUT2D eigenvalue weighted by Crippen LogP contribution is 2.50. The first-order chi connectivity index (χ1) is 9.00. The lowest BCUT2D eigenvalue weighted by Crippen LogP contribution is -2.35. The summed E-state index contributed by atoms with van der Waals surface area (Å²) in [5.41, 5.74) is 0. The van der Waals surface area contributed by atoms with E-state index in [1.54, 1.807) is 18.9 Å². The summed E-state index contributed by atoms with van der Waals surface area (Å²) < 4.78 is 0. The number of carbonyl (C=O) groups is 2. The Bertz CT molecular complexity index is 349. The molecule has 4 heteroatoms. The van der Waals surface area contributed by atoms with Gasteiger partial charge in [0.15, 0.2) is 0 Å². The summed E-state index contributed by atoms with van der Waals surface area (Å²) in [6.45, 7) is 1.97. The first kappa shape index (κ1) is 14.4. The molecule has 0 aromatic carbocycles. The van der Waals surface area contributed by atoms with Gasteiger partial charge in [0.25, 0.3) is 0 Å². The third-order valence-corrected chi connectivity index (χ3v) is 4.76. The molecule has 0 saturated heterocycles. The van der Waals surface area contributed by atoms with E-state index in [9.17, 15) is 9.59 Å². The van der Waals surface area contributed by atoms with Gasteiger partial charge in [-0.05, 0) is 18.3 Å². The Labute approximate surface area is 115 Å². The largest absolute Gasteiger partial charge is 0.481 e. The van der Waals surface area contributed by atoms with Crippen LogP contribution in [0.25, 0.3) is 0 Å². The Hall–Kier alpha value is -1.06. The molecule has 1 N–H and O–H groups in total. The molecule has 2 saturated carbocycles. The van der Waals surface area contributed by atoms with Crippen molar-refractivity contribution in [3.63, 3.8) is 0 Å². The topological polar surface area (TPSA) is 57.6 Å². The van der Waals surface area contributed by atoms with Gasteiger partial charge >= 0.3 is 5.97 Å². The molecule has 0 aliphatic heterocycles. The van der Waals surface area contributed by atoms with Gasteiger partial charge in [-0.15, -0.1) is 0 Å². The molecule has 2 aliphatic carbocycles. The minimum Gasteiger partial charge on any atom is -0.481 e. The summed E-state index contributed by atoms with van der Waals surface area (Å²) in [5.74, 6) is 0.334. The second-order valence-corrected chi connectivity index (χ2v) is 6.36. The fourth-order valence-electron chi connectivity index (χ4n) is 3.44. The van der Waals surface area contributed by atoms with Gasteiger partial charge in [-0.25, -0.2) is 0 Å². The first-order valence-electron chi connectivity index (χ1n) is 7.48. The molecule has 0 radical (unpaired) electrons. The zero-order chi connectivity index (χ0) is 14.0. The van der Waals surface area contributed by atoms with E-state index in [2.05, 4.69) is 0 Å². The molecule has 0 aromatic heterocycles. The van der Waals surface area contributed by atoms with Crippen LogP contribution in [0.5, 0.6) is 0 Å². The molecule has 3 atom stereocenters. The SMILES string of the molecule is CC(CN(C)C(=O)C1CC1C1CCCCC1)C(=O)O. The monoisotopic (exact) mass is 267 g/mol. The van der Waals surface area contributed by atoms with E-state index in [1.807, 2.05) is 0 Å². The lowest BCUT2D eigenvalue weighted by Gasteiger charge is -2.23. The number of carbonyl (C=O) groups excluding carboxylic acids is 1. The van der Waals surface area contributed by atoms with E-state index in [1.165, 1.54) is 32.1 Å². The lowest BCUT2D eigenvalue weighted by molar-refractivity contribution is -0.143. The maximum Gasteiger partial charge on any atom is 0.308 e. The quantitative estimate of drug-likeness (QED) is 0.832. The highest BCUT2D eigenvalue weighted by molar-refractivity contribution is 5.82. The summed E-state index contributed by atoms with van der Waals surface area (Å²) in [6.07, 6.45) is 7.56. The second kappa shape index (κ2) is 5.93. The van der Waals surface area contributed by atoms with E-state index in [-0.39, 0.29) is 11.8 Å². The second-order valence-electron chi connectivity index (χ2n) is 6.36. The fourth-order valence-corrected chi connectivity index (χ4v) is 3.44. The lowest BCUT2D eigenvalue weighted by atomic mass is 9.85. The van der Waals surface area contributed by atoms with E-state index >= 15 is 0 Å². The Balaban J connectivity index is 1.79. The number of hydrogen-bond acceptors (Lipinski definition) is 2. The predicted molar refractivity (Wildman–Crippen MR) is 72.6 cm³/mol. The summed E-state index contributed by atoms with van der Waals surface area (Å²) in [4.78, 5) is 24.7. The summed E-state index contributed by atoms with van der Waals surface area (Å²) in [6, 6.07) is 0. The van der Waals surface area contributed by atoms with Crippen LogP contribution in [0.3, 0.4) is 0 Å². The van der Waals surface area contributed by atoms with Crippen LogP contribution in [0.4, 0.5) is 0 Å². The van der Waals surface area contributed by atoms with Crippen molar-refractivity contribution in [1.29, 1.82) is 0 Å². The normalized spacial score (nSPS) is 28.7. The third kappa shape index (κ3) is 3.48. The van der Waals surface area contributed by atoms with Crippen LogP contribution in [0.1, 0.15) is 45.4 Å². The number of aliphatic carboxylic acids is 1. The van der Waals surface area contributed by atoms with Crippen LogP contribution < -0.4 is 0 Å². The zero-order valence-corrected chi connectivity index (χ0v) is 12.0. The Morgan fingerprint density at radius 1 is 1.26 bits per heavy atom. The number of carboxylic acid groups (broad SMARTS) is 1. The standard InChI is InChI=1S/C15H25NO3/c1-10(15(18)19)9-16(2)14(17)13-8-12(13)11-6-4-3-5-7-11/h10-13H,3-9H2,1-2H3,(H,18,19). The van der Waals surface area contributed by atoms with E-state index in [0.717, 1.165) is 12.3 Å². The fraction of sp³-hybridized carbons (Fsp3) is 0.867. The molecular formula is C15H25NO3. The average Bonchev–Trinajstić information content (AvgIpc) is 3.18. The van der Waals surface area contributed by atoms with Crippen LogP contribution in [-0.2, 0) is 9.59 Å². The summed E-state index contributed by atoms with van der Waals surface area (Å²) in [7, 11) is 1.73. The van der Waals surface area contributed by atoms with Crippen molar-refractivity contribution in [2.24, 2.45) is 23.7 Å². The van der Waals surface area contributed by atoms with E-state index < -0.39 is 11.9 Å². The number of nitrogens with zero attached hydrogens (tertiary/aromatic N) is 1. The summed E-state index contributed by atoms with van der Waals surface area (Å²) >= 11 is 0. The van der Waals surface area contributed by atoms with Gasteiger partial charge in [-0.3, -0.25) is 9.59 Å². The Morgan fingerprint density at radius 2 is 1.89 bits per heavy atom. The van der Waals surface area contributed by atoms with Crippen molar-refractivity contribution in [3.05, 3.63) is 0 Å². The predicted octanol–water partition coefficient (Wildman–Crippen LogP) is 2.38. The van der Waals surface area contributed by atoms with Crippen LogP contribution in [-0.4, -0.2) is 35.5 Å². The van der Waals surface area contributed by atoms with Crippen molar-refractivity contribution in [3.8, 4) is 0 Å². The van der Waals surface area contributed by atoms with Gasteiger partial charge in [0.05, 0.1) is 5.92 Å². The molecule has 19 heavy (non-hydrogen) atoms. The molecule has 4 nitrogen and oxygen atoms in total.